The van der Waals surface area contributed by atoms with Gasteiger partial charge in [0, 0.05) is 14.1 Å². The molecule has 11 heavy (non-hydrogen) atoms. The molecular formula is C4H11N5O2. The zero-order valence-electron chi connectivity index (χ0n) is 6.37. The van der Waals surface area contributed by atoms with Crippen LogP contribution in [0.3, 0.4) is 0 Å². The lowest BCUT2D eigenvalue weighted by atomic mass is 10.8. The molecule has 0 aliphatic carbocycles. The number of rotatable bonds is 4. The van der Waals surface area contributed by atoms with Gasteiger partial charge in [-0.25, -0.2) is 10.9 Å². The molecule has 0 spiro atoms. The molecule has 0 radical (unpaired) electrons. The Kier molecular flexibility index (Phi) is 3.93. The average molecular weight is 161 g/mol. The number of nitrogens with two attached hydrogens (primary N) is 1. The molecule has 0 saturated heterocycles. The molecule has 0 fully saturated rings. The van der Waals surface area contributed by atoms with E-state index in [0.717, 1.165) is 6.20 Å². The Morgan fingerprint density at radius 1 is 1.73 bits per heavy atom. The summed E-state index contributed by atoms with van der Waals surface area (Å²) >= 11 is 0. The maximum Gasteiger partial charge on any atom is 0.276 e. The summed E-state index contributed by atoms with van der Waals surface area (Å²) in [7, 11) is 3.37. The first-order chi connectivity index (χ1) is 5.06. The summed E-state index contributed by atoms with van der Waals surface area (Å²) < 4.78 is 0. The van der Waals surface area contributed by atoms with Crippen molar-refractivity contribution < 1.29 is 4.92 Å². The second kappa shape index (κ2) is 4.47. The smallest absolute Gasteiger partial charge is 0.276 e. The molecule has 0 aromatic carbocycles. The fourth-order valence-electron chi connectivity index (χ4n) is 0.445. The van der Waals surface area contributed by atoms with Gasteiger partial charge < -0.3 is 5.43 Å². The summed E-state index contributed by atoms with van der Waals surface area (Å²) in [6.07, 6.45) is 0.736. The average Bonchev–Trinajstić information content (AvgIpc) is 1.84. The van der Waals surface area contributed by atoms with Crippen LogP contribution >= 0.6 is 0 Å². The van der Waals surface area contributed by atoms with Gasteiger partial charge >= 0.3 is 0 Å². The maximum atomic E-state index is 9.93. The van der Waals surface area contributed by atoms with Crippen molar-refractivity contribution in [2.45, 2.75) is 0 Å². The van der Waals surface area contributed by atoms with Gasteiger partial charge in [0.05, 0.1) is 4.92 Å². The van der Waals surface area contributed by atoms with E-state index >= 15 is 0 Å². The Bertz CT molecular complexity index is 166. The first-order valence-corrected chi connectivity index (χ1v) is 2.82. The fourth-order valence-corrected chi connectivity index (χ4v) is 0.445. The van der Waals surface area contributed by atoms with Gasteiger partial charge in [-0.05, 0) is 0 Å². The standard InChI is InChI=1S/C4H11N5O2/c1-8(2)7-4(6-5)3-9(10)11/h3,6-7H,5H2,1-2H3/b4-3+. The minimum atomic E-state index is -0.605. The molecule has 7 nitrogen and oxygen atoms in total. The van der Waals surface area contributed by atoms with Crippen molar-refractivity contribution in [2.24, 2.45) is 5.84 Å². The number of hydrogen-bond donors (Lipinski definition) is 3. The lowest BCUT2D eigenvalue weighted by molar-refractivity contribution is -0.404. The lowest BCUT2D eigenvalue weighted by Crippen LogP contribution is -2.39. The summed E-state index contributed by atoms with van der Waals surface area (Å²) in [5.41, 5.74) is 4.71. The highest BCUT2D eigenvalue weighted by molar-refractivity contribution is 4.87. The van der Waals surface area contributed by atoms with Gasteiger partial charge in [-0.1, -0.05) is 0 Å². The Morgan fingerprint density at radius 2 is 2.27 bits per heavy atom. The van der Waals surface area contributed by atoms with E-state index in [1.165, 1.54) is 5.01 Å². The van der Waals surface area contributed by atoms with Crippen LogP contribution in [0.5, 0.6) is 0 Å². The van der Waals surface area contributed by atoms with Gasteiger partial charge in [-0.2, -0.15) is 0 Å². The van der Waals surface area contributed by atoms with Gasteiger partial charge in [0.2, 0.25) is 0 Å². The highest BCUT2D eigenvalue weighted by atomic mass is 16.6. The van der Waals surface area contributed by atoms with E-state index in [0.29, 0.717) is 0 Å². The zero-order valence-corrected chi connectivity index (χ0v) is 6.37. The third-order valence-corrected chi connectivity index (χ3v) is 0.734. The van der Waals surface area contributed by atoms with Crippen LogP contribution in [-0.4, -0.2) is 24.0 Å². The SMILES string of the molecule is CN(C)N/C(=C/[N+](=O)[O-])NN. The van der Waals surface area contributed by atoms with E-state index in [1.807, 2.05) is 0 Å². The van der Waals surface area contributed by atoms with Gasteiger partial charge in [0.1, 0.15) is 0 Å². The first-order valence-electron chi connectivity index (χ1n) is 2.82. The summed E-state index contributed by atoms with van der Waals surface area (Å²) in [4.78, 5) is 9.32. The molecule has 0 amide bonds. The third kappa shape index (κ3) is 5.12. The fraction of sp³-hybridized carbons (Fsp3) is 0.500. The molecule has 7 heteroatoms. The van der Waals surface area contributed by atoms with Crippen LogP contribution < -0.4 is 16.7 Å². The molecule has 0 atom stereocenters. The Labute approximate surface area is 63.9 Å². The topological polar surface area (TPSA) is 96.5 Å². The number of nitrogens with zero attached hydrogens (tertiary/aromatic N) is 2. The second-order valence-electron chi connectivity index (χ2n) is 1.98. The normalized spacial score (nSPS) is 11.5. The molecule has 0 aliphatic heterocycles. The van der Waals surface area contributed by atoms with Crippen LogP contribution in [0, 0.1) is 10.1 Å². The lowest BCUT2D eigenvalue weighted by Gasteiger charge is -2.13. The molecule has 0 aliphatic rings. The zero-order chi connectivity index (χ0) is 8.85. The molecule has 0 bridgehead atoms. The molecule has 0 saturated carbocycles. The quantitative estimate of drug-likeness (QED) is 0.266. The van der Waals surface area contributed by atoms with Crippen molar-refractivity contribution in [1.82, 2.24) is 15.9 Å². The van der Waals surface area contributed by atoms with E-state index < -0.39 is 4.92 Å². The molecule has 0 heterocycles. The van der Waals surface area contributed by atoms with Crippen LogP contribution in [0.15, 0.2) is 12.0 Å². The highest BCUT2D eigenvalue weighted by Gasteiger charge is 1.99. The largest absolute Gasteiger partial charge is 0.304 e. The van der Waals surface area contributed by atoms with Crippen LogP contribution in [0.4, 0.5) is 0 Å². The minimum Gasteiger partial charge on any atom is -0.304 e. The van der Waals surface area contributed by atoms with Crippen LogP contribution in [0.2, 0.25) is 0 Å². The number of nitrogens with one attached hydrogen (secondary N) is 2. The van der Waals surface area contributed by atoms with Crippen LogP contribution in [0.25, 0.3) is 0 Å². The molecule has 0 aromatic heterocycles. The van der Waals surface area contributed by atoms with Crippen LogP contribution in [0.1, 0.15) is 0 Å². The molecular weight excluding hydrogens is 150 g/mol. The summed E-state index contributed by atoms with van der Waals surface area (Å²) in [6.45, 7) is 0. The van der Waals surface area contributed by atoms with Gasteiger partial charge in [-0.3, -0.25) is 15.5 Å². The number of hydrazine groups is 2. The van der Waals surface area contributed by atoms with Crippen molar-refractivity contribution >= 4 is 0 Å². The van der Waals surface area contributed by atoms with E-state index in [1.54, 1.807) is 14.1 Å². The molecule has 0 aromatic rings. The predicted molar refractivity (Wildman–Crippen MR) is 39.2 cm³/mol. The van der Waals surface area contributed by atoms with E-state index in [2.05, 4.69) is 10.9 Å². The van der Waals surface area contributed by atoms with Crippen molar-refractivity contribution in [2.75, 3.05) is 14.1 Å². The maximum absolute atomic E-state index is 9.93. The van der Waals surface area contributed by atoms with Gasteiger partial charge in [0.15, 0.2) is 5.82 Å². The summed E-state index contributed by atoms with van der Waals surface area (Å²) in [5.74, 6) is 5.08. The van der Waals surface area contributed by atoms with Crippen molar-refractivity contribution in [1.29, 1.82) is 0 Å². The highest BCUT2D eigenvalue weighted by Crippen LogP contribution is 1.81. The first kappa shape index (κ1) is 9.66. The molecule has 0 unspecified atom stereocenters. The number of hydrogen-bond acceptors (Lipinski definition) is 6. The molecule has 4 N–H and O–H groups in total. The van der Waals surface area contributed by atoms with Crippen molar-refractivity contribution in [3.05, 3.63) is 22.1 Å². The van der Waals surface area contributed by atoms with Gasteiger partial charge in [0.25, 0.3) is 6.20 Å². The minimum absolute atomic E-state index is 0.125. The Balaban J connectivity index is 4.05. The van der Waals surface area contributed by atoms with Crippen LogP contribution in [-0.2, 0) is 0 Å². The monoisotopic (exact) mass is 161 g/mol. The third-order valence-electron chi connectivity index (χ3n) is 0.734. The predicted octanol–water partition coefficient (Wildman–Crippen LogP) is -1.41. The van der Waals surface area contributed by atoms with E-state index in [9.17, 15) is 10.1 Å². The summed E-state index contributed by atoms with van der Waals surface area (Å²) in [6, 6.07) is 0. The molecule has 0 rings (SSSR count). The van der Waals surface area contributed by atoms with E-state index in [-0.39, 0.29) is 5.82 Å². The number of nitro groups is 1. The Hall–Kier alpha value is -1.34. The molecule has 64 valence electrons. The van der Waals surface area contributed by atoms with Crippen molar-refractivity contribution in [3.8, 4) is 0 Å². The van der Waals surface area contributed by atoms with Crippen molar-refractivity contribution in [3.63, 3.8) is 0 Å². The van der Waals surface area contributed by atoms with E-state index in [4.69, 9.17) is 5.84 Å². The summed E-state index contributed by atoms with van der Waals surface area (Å²) in [5, 5.41) is 11.4. The van der Waals surface area contributed by atoms with Gasteiger partial charge in [-0.15, -0.1) is 0 Å². The Morgan fingerprint density at radius 3 is 2.55 bits per heavy atom. The second-order valence-corrected chi connectivity index (χ2v) is 1.98.